The van der Waals surface area contributed by atoms with Gasteiger partial charge in [-0.2, -0.15) is 0 Å². The molecule has 0 radical (unpaired) electrons. The van der Waals surface area contributed by atoms with Crippen molar-refractivity contribution in [1.29, 1.82) is 0 Å². The van der Waals surface area contributed by atoms with E-state index in [1.165, 1.54) is 7.11 Å². The highest BCUT2D eigenvalue weighted by Crippen LogP contribution is 2.37. The van der Waals surface area contributed by atoms with E-state index in [9.17, 15) is 9.59 Å². The number of rotatable bonds is 4. The SMILES string of the molecule is COC(=O)CNC(=O)N1CCc2[nH]cnc2[C@@H]1c1ccccc1OC. The molecule has 132 valence electrons. The van der Waals surface area contributed by atoms with Gasteiger partial charge in [0.1, 0.15) is 18.3 Å². The molecule has 8 heteroatoms. The van der Waals surface area contributed by atoms with Crippen molar-refractivity contribution in [2.24, 2.45) is 0 Å². The van der Waals surface area contributed by atoms with Gasteiger partial charge in [-0.25, -0.2) is 9.78 Å². The van der Waals surface area contributed by atoms with Crippen molar-refractivity contribution in [2.75, 3.05) is 27.3 Å². The molecule has 2 amide bonds. The Labute approximate surface area is 145 Å². The van der Waals surface area contributed by atoms with Gasteiger partial charge in [-0.05, 0) is 6.07 Å². The van der Waals surface area contributed by atoms with Gasteiger partial charge in [0.15, 0.2) is 0 Å². The number of nitrogens with zero attached hydrogens (tertiary/aromatic N) is 2. The Kier molecular flexibility index (Phi) is 4.87. The lowest BCUT2D eigenvalue weighted by atomic mass is 9.95. The molecule has 1 aromatic heterocycles. The third-order valence-electron chi connectivity index (χ3n) is 4.23. The molecule has 0 saturated heterocycles. The molecule has 0 spiro atoms. The number of nitrogens with one attached hydrogen (secondary N) is 2. The van der Waals surface area contributed by atoms with Gasteiger partial charge >= 0.3 is 12.0 Å². The fourth-order valence-corrected chi connectivity index (χ4v) is 3.02. The van der Waals surface area contributed by atoms with Crippen LogP contribution >= 0.6 is 0 Å². The Bertz CT molecular complexity index is 774. The first kappa shape index (κ1) is 16.8. The summed E-state index contributed by atoms with van der Waals surface area (Å²) in [6, 6.07) is 6.77. The van der Waals surface area contributed by atoms with Gasteiger partial charge in [0, 0.05) is 24.2 Å². The molecule has 0 bridgehead atoms. The average Bonchev–Trinajstić information content (AvgIpc) is 3.13. The van der Waals surface area contributed by atoms with Crippen molar-refractivity contribution >= 4 is 12.0 Å². The first-order chi connectivity index (χ1) is 12.2. The topological polar surface area (TPSA) is 96.6 Å². The Balaban J connectivity index is 1.94. The fourth-order valence-electron chi connectivity index (χ4n) is 3.02. The number of H-pyrrole nitrogens is 1. The van der Waals surface area contributed by atoms with Crippen LogP contribution in [0.5, 0.6) is 5.75 Å². The summed E-state index contributed by atoms with van der Waals surface area (Å²) in [6.45, 7) is 0.308. The average molecular weight is 344 g/mol. The number of ether oxygens (including phenoxy) is 2. The van der Waals surface area contributed by atoms with Gasteiger partial charge in [0.05, 0.1) is 26.2 Å². The summed E-state index contributed by atoms with van der Waals surface area (Å²) < 4.78 is 10.0. The van der Waals surface area contributed by atoms with Gasteiger partial charge in [-0.15, -0.1) is 0 Å². The Morgan fingerprint density at radius 2 is 2.16 bits per heavy atom. The summed E-state index contributed by atoms with van der Waals surface area (Å²) in [5, 5.41) is 2.60. The van der Waals surface area contributed by atoms with Gasteiger partial charge in [0.25, 0.3) is 0 Å². The quantitative estimate of drug-likeness (QED) is 0.814. The van der Waals surface area contributed by atoms with Crippen LogP contribution in [0, 0.1) is 0 Å². The molecular formula is C17H20N4O4. The maximum Gasteiger partial charge on any atom is 0.325 e. The molecule has 2 heterocycles. The van der Waals surface area contributed by atoms with Gasteiger partial charge in [-0.3, -0.25) is 4.79 Å². The number of amides is 2. The number of methoxy groups -OCH3 is 2. The number of para-hydroxylation sites is 1. The third-order valence-corrected chi connectivity index (χ3v) is 4.23. The van der Waals surface area contributed by atoms with E-state index in [2.05, 4.69) is 20.0 Å². The second-order valence-electron chi connectivity index (χ2n) is 5.59. The van der Waals surface area contributed by atoms with Crippen LogP contribution < -0.4 is 10.1 Å². The van der Waals surface area contributed by atoms with Crippen LogP contribution in [0.25, 0.3) is 0 Å². The van der Waals surface area contributed by atoms with Crippen LogP contribution in [0.2, 0.25) is 0 Å². The minimum Gasteiger partial charge on any atom is -0.496 e. The highest BCUT2D eigenvalue weighted by atomic mass is 16.5. The molecule has 1 aromatic carbocycles. The molecule has 8 nitrogen and oxygen atoms in total. The predicted octanol–water partition coefficient (Wildman–Crippen LogP) is 1.25. The fraction of sp³-hybridized carbons (Fsp3) is 0.353. The predicted molar refractivity (Wildman–Crippen MR) is 89.2 cm³/mol. The summed E-state index contributed by atoms with van der Waals surface area (Å²) >= 11 is 0. The van der Waals surface area contributed by atoms with E-state index in [0.717, 1.165) is 17.0 Å². The molecule has 0 saturated carbocycles. The number of esters is 1. The zero-order chi connectivity index (χ0) is 17.8. The number of hydrogen-bond acceptors (Lipinski definition) is 5. The Hall–Kier alpha value is -3.03. The monoisotopic (exact) mass is 344 g/mol. The van der Waals surface area contributed by atoms with E-state index in [0.29, 0.717) is 18.7 Å². The Morgan fingerprint density at radius 1 is 1.36 bits per heavy atom. The zero-order valence-electron chi connectivity index (χ0n) is 14.1. The van der Waals surface area contributed by atoms with Gasteiger partial charge in [0.2, 0.25) is 0 Å². The van der Waals surface area contributed by atoms with E-state index in [4.69, 9.17) is 4.74 Å². The smallest absolute Gasteiger partial charge is 0.325 e. The highest BCUT2D eigenvalue weighted by Gasteiger charge is 2.35. The molecule has 0 fully saturated rings. The molecule has 3 rings (SSSR count). The van der Waals surface area contributed by atoms with Crippen LogP contribution in [0.4, 0.5) is 4.79 Å². The van der Waals surface area contributed by atoms with Crippen LogP contribution in [0.15, 0.2) is 30.6 Å². The molecule has 0 unspecified atom stereocenters. The van der Waals surface area contributed by atoms with Crippen LogP contribution in [-0.4, -0.2) is 54.2 Å². The largest absolute Gasteiger partial charge is 0.496 e. The molecule has 1 atom stereocenters. The summed E-state index contributed by atoms with van der Waals surface area (Å²) in [4.78, 5) is 33.2. The second kappa shape index (κ2) is 7.25. The zero-order valence-corrected chi connectivity index (χ0v) is 14.1. The van der Waals surface area contributed by atoms with Crippen molar-refractivity contribution in [1.82, 2.24) is 20.2 Å². The number of urea groups is 1. The minimum atomic E-state index is -0.500. The van der Waals surface area contributed by atoms with E-state index >= 15 is 0 Å². The maximum absolute atomic E-state index is 12.7. The van der Waals surface area contributed by atoms with Crippen LogP contribution in [0.1, 0.15) is 23.0 Å². The summed E-state index contributed by atoms with van der Waals surface area (Å²) in [7, 11) is 2.87. The van der Waals surface area contributed by atoms with Crippen molar-refractivity contribution in [3.8, 4) is 5.75 Å². The molecule has 0 aliphatic carbocycles. The molecule has 2 aromatic rings. The van der Waals surface area contributed by atoms with Crippen LogP contribution in [-0.2, 0) is 16.0 Å². The second-order valence-corrected chi connectivity index (χ2v) is 5.59. The lowest BCUT2D eigenvalue weighted by Crippen LogP contribution is -2.47. The van der Waals surface area contributed by atoms with E-state index in [1.807, 2.05) is 24.3 Å². The third kappa shape index (κ3) is 3.28. The minimum absolute atomic E-state index is 0.183. The number of benzene rings is 1. The molecule has 1 aliphatic rings. The lowest BCUT2D eigenvalue weighted by Gasteiger charge is -2.35. The highest BCUT2D eigenvalue weighted by molar-refractivity contribution is 5.81. The van der Waals surface area contributed by atoms with Gasteiger partial charge < -0.3 is 24.7 Å². The van der Waals surface area contributed by atoms with E-state index in [-0.39, 0.29) is 12.6 Å². The standard InChI is InChI=1S/C17H20N4O4/c1-24-13-6-4-3-5-11(13)16-15-12(19-10-20-15)7-8-21(16)17(23)18-9-14(22)25-2/h3-6,10,16H,7-9H2,1-2H3,(H,18,23)(H,19,20)/t16-/m0/s1. The summed E-state index contributed by atoms with van der Waals surface area (Å²) in [6.07, 6.45) is 2.29. The number of carbonyl (C=O) groups is 2. The van der Waals surface area contributed by atoms with E-state index in [1.54, 1.807) is 18.3 Å². The Morgan fingerprint density at radius 3 is 2.92 bits per heavy atom. The number of aromatic amines is 1. The lowest BCUT2D eigenvalue weighted by molar-refractivity contribution is -0.139. The number of hydrogen-bond donors (Lipinski definition) is 2. The van der Waals surface area contributed by atoms with Crippen molar-refractivity contribution < 1.29 is 19.1 Å². The normalized spacial score (nSPS) is 16.1. The van der Waals surface area contributed by atoms with Crippen molar-refractivity contribution in [2.45, 2.75) is 12.5 Å². The summed E-state index contributed by atoms with van der Waals surface area (Å²) in [5.74, 6) is 0.175. The molecular weight excluding hydrogens is 324 g/mol. The maximum atomic E-state index is 12.7. The number of aromatic nitrogens is 2. The first-order valence-electron chi connectivity index (χ1n) is 7.92. The van der Waals surface area contributed by atoms with E-state index < -0.39 is 12.0 Å². The summed E-state index contributed by atoms with van der Waals surface area (Å²) in [5.41, 5.74) is 2.61. The number of imidazole rings is 1. The first-order valence-corrected chi connectivity index (χ1v) is 7.92. The molecule has 25 heavy (non-hydrogen) atoms. The number of carbonyl (C=O) groups excluding carboxylic acids is 2. The van der Waals surface area contributed by atoms with Crippen molar-refractivity contribution in [3.63, 3.8) is 0 Å². The van der Waals surface area contributed by atoms with Crippen molar-refractivity contribution in [3.05, 3.63) is 47.5 Å². The molecule has 1 aliphatic heterocycles. The van der Waals surface area contributed by atoms with Crippen LogP contribution in [0.3, 0.4) is 0 Å². The van der Waals surface area contributed by atoms with Gasteiger partial charge in [-0.1, -0.05) is 18.2 Å². The molecule has 2 N–H and O–H groups in total. The number of fused-ring (bicyclic) bond motifs is 1.